The van der Waals surface area contributed by atoms with Crippen molar-refractivity contribution in [3.8, 4) is 0 Å². The zero-order chi connectivity index (χ0) is 12.5. The van der Waals surface area contributed by atoms with E-state index in [9.17, 15) is 8.42 Å². The Labute approximate surface area is 102 Å². The highest BCUT2D eigenvalue weighted by molar-refractivity contribution is 7.89. The highest BCUT2D eigenvalue weighted by Crippen LogP contribution is 2.36. The lowest BCUT2D eigenvalue weighted by Gasteiger charge is -2.07. The molecule has 4 nitrogen and oxygen atoms in total. The first-order valence-corrected chi connectivity index (χ1v) is 7.35. The molecular formula is C12H18N2O2S. The van der Waals surface area contributed by atoms with Crippen LogP contribution in [0.5, 0.6) is 0 Å². The number of rotatable bonds is 5. The van der Waals surface area contributed by atoms with Crippen LogP contribution in [0.25, 0.3) is 0 Å². The molecule has 2 N–H and O–H groups in total. The Hall–Kier alpha value is -1.07. The summed E-state index contributed by atoms with van der Waals surface area (Å²) in [5.74, 6) is 0.774. The molecule has 1 saturated carbocycles. The summed E-state index contributed by atoms with van der Waals surface area (Å²) in [5.41, 5.74) is 0.987. The van der Waals surface area contributed by atoms with Crippen molar-refractivity contribution < 1.29 is 8.42 Å². The summed E-state index contributed by atoms with van der Waals surface area (Å²) in [6.45, 7) is 2.19. The van der Waals surface area contributed by atoms with Gasteiger partial charge in [-0.05, 0) is 43.7 Å². The van der Waals surface area contributed by atoms with Crippen LogP contribution in [0.1, 0.15) is 19.8 Å². The Bertz CT molecular complexity index is 482. The molecule has 2 rings (SSSR count). The normalized spacial score (nSPS) is 23.4. The molecule has 0 amide bonds. The first-order valence-electron chi connectivity index (χ1n) is 5.87. The molecule has 2 unspecified atom stereocenters. The summed E-state index contributed by atoms with van der Waals surface area (Å²) in [4.78, 5) is 0.299. The van der Waals surface area contributed by atoms with Crippen LogP contribution in [-0.2, 0) is 10.0 Å². The summed E-state index contributed by atoms with van der Waals surface area (Å²) in [5, 5.41) is 3.40. The summed E-state index contributed by atoms with van der Waals surface area (Å²) < 4.78 is 25.3. The van der Waals surface area contributed by atoms with Crippen molar-refractivity contribution in [3.63, 3.8) is 0 Å². The first kappa shape index (κ1) is 12.4. The number of sulfonamides is 1. The molecule has 0 aromatic heterocycles. The van der Waals surface area contributed by atoms with Crippen molar-refractivity contribution in [1.82, 2.24) is 4.72 Å². The van der Waals surface area contributed by atoms with Crippen molar-refractivity contribution >= 4 is 15.7 Å². The molecule has 0 aliphatic heterocycles. The van der Waals surface area contributed by atoms with Crippen LogP contribution in [-0.4, -0.2) is 21.5 Å². The number of nitrogens with one attached hydrogen (secondary N) is 2. The summed E-state index contributed by atoms with van der Waals surface area (Å²) in [6.07, 6.45) is 2.41. The molecule has 0 spiro atoms. The second-order valence-electron chi connectivity index (χ2n) is 4.39. The van der Waals surface area contributed by atoms with E-state index in [-0.39, 0.29) is 0 Å². The molecule has 1 aromatic rings. The van der Waals surface area contributed by atoms with Crippen LogP contribution in [0, 0.1) is 5.92 Å². The minimum Gasteiger partial charge on any atom is -0.382 e. The zero-order valence-corrected chi connectivity index (χ0v) is 10.9. The number of benzene rings is 1. The Morgan fingerprint density at radius 1 is 1.29 bits per heavy atom. The molecule has 1 fully saturated rings. The van der Waals surface area contributed by atoms with Gasteiger partial charge in [-0.15, -0.1) is 0 Å². The second-order valence-corrected chi connectivity index (χ2v) is 6.27. The van der Waals surface area contributed by atoms with Gasteiger partial charge in [0.2, 0.25) is 10.0 Å². The molecule has 1 aliphatic rings. The minimum absolute atomic E-state index is 0.299. The van der Waals surface area contributed by atoms with Gasteiger partial charge in [0.15, 0.2) is 0 Å². The first-order chi connectivity index (χ1) is 8.06. The molecule has 0 radical (unpaired) electrons. The van der Waals surface area contributed by atoms with E-state index < -0.39 is 10.0 Å². The van der Waals surface area contributed by atoms with Gasteiger partial charge >= 0.3 is 0 Å². The summed E-state index contributed by atoms with van der Waals surface area (Å²) in [6, 6.07) is 7.44. The molecule has 17 heavy (non-hydrogen) atoms. The van der Waals surface area contributed by atoms with Gasteiger partial charge in [-0.2, -0.15) is 0 Å². The fourth-order valence-electron chi connectivity index (χ4n) is 1.94. The fourth-order valence-corrected chi connectivity index (χ4v) is 2.67. The van der Waals surface area contributed by atoms with Gasteiger partial charge in [0.05, 0.1) is 4.90 Å². The van der Waals surface area contributed by atoms with Crippen LogP contribution in [0.3, 0.4) is 0 Å². The molecule has 2 atom stereocenters. The second kappa shape index (κ2) is 4.66. The lowest BCUT2D eigenvalue weighted by atomic mass is 10.3. The Morgan fingerprint density at radius 2 is 1.94 bits per heavy atom. The quantitative estimate of drug-likeness (QED) is 0.842. The van der Waals surface area contributed by atoms with Crippen LogP contribution < -0.4 is 10.0 Å². The van der Waals surface area contributed by atoms with E-state index in [0.29, 0.717) is 10.9 Å². The smallest absolute Gasteiger partial charge is 0.240 e. The molecule has 94 valence electrons. The van der Waals surface area contributed by atoms with Gasteiger partial charge < -0.3 is 5.32 Å². The van der Waals surface area contributed by atoms with Gasteiger partial charge in [-0.3, -0.25) is 0 Å². The summed E-state index contributed by atoms with van der Waals surface area (Å²) in [7, 11) is -1.91. The van der Waals surface area contributed by atoms with Gasteiger partial charge in [-0.25, -0.2) is 13.1 Å². The maximum Gasteiger partial charge on any atom is 0.240 e. The van der Waals surface area contributed by atoms with E-state index in [2.05, 4.69) is 17.0 Å². The molecular weight excluding hydrogens is 236 g/mol. The lowest BCUT2D eigenvalue weighted by molar-refractivity contribution is 0.588. The van der Waals surface area contributed by atoms with Crippen LogP contribution in [0.2, 0.25) is 0 Å². The third kappa shape index (κ3) is 2.79. The lowest BCUT2D eigenvalue weighted by Crippen LogP contribution is -2.18. The zero-order valence-electron chi connectivity index (χ0n) is 10.1. The number of anilines is 1. The number of hydrogen-bond donors (Lipinski definition) is 2. The van der Waals surface area contributed by atoms with E-state index in [4.69, 9.17) is 0 Å². The Morgan fingerprint density at radius 3 is 2.41 bits per heavy atom. The van der Waals surface area contributed by atoms with Crippen molar-refractivity contribution in [2.24, 2.45) is 5.92 Å². The Kier molecular flexibility index (Phi) is 3.40. The Balaban J connectivity index is 2.04. The van der Waals surface area contributed by atoms with E-state index in [1.165, 1.54) is 19.9 Å². The van der Waals surface area contributed by atoms with Crippen LogP contribution >= 0.6 is 0 Å². The predicted molar refractivity (Wildman–Crippen MR) is 68.5 cm³/mol. The van der Waals surface area contributed by atoms with Crippen molar-refractivity contribution in [1.29, 1.82) is 0 Å². The monoisotopic (exact) mass is 254 g/mol. The van der Waals surface area contributed by atoms with E-state index >= 15 is 0 Å². The maximum absolute atomic E-state index is 11.5. The van der Waals surface area contributed by atoms with Crippen molar-refractivity contribution in [2.75, 3.05) is 12.4 Å². The van der Waals surface area contributed by atoms with E-state index in [1.54, 1.807) is 12.1 Å². The molecule has 5 heteroatoms. The number of hydrogen-bond acceptors (Lipinski definition) is 3. The predicted octanol–water partition coefficient (Wildman–Crippen LogP) is 1.81. The van der Waals surface area contributed by atoms with Gasteiger partial charge in [-0.1, -0.05) is 13.3 Å². The third-order valence-corrected chi connectivity index (χ3v) is 4.66. The average Bonchev–Trinajstić information content (AvgIpc) is 3.08. The molecule has 1 aliphatic carbocycles. The highest BCUT2D eigenvalue weighted by atomic mass is 32.2. The van der Waals surface area contributed by atoms with Gasteiger partial charge in [0.1, 0.15) is 0 Å². The molecule has 1 aromatic carbocycles. The summed E-state index contributed by atoms with van der Waals surface area (Å²) >= 11 is 0. The minimum atomic E-state index is -3.32. The van der Waals surface area contributed by atoms with Gasteiger partial charge in [0.25, 0.3) is 0 Å². The largest absolute Gasteiger partial charge is 0.382 e. The van der Waals surface area contributed by atoms with E-state index in [1.807, 2.05) is 12.1 Å². The van der Waals surface area contributed by atoms with Crippen molar-refractivity contribution in [3.05, 3.63) is 24.3 Å². The molecule has 0 bridgehead atoms. The third-order valence-electron chi connectivity index (χ3n) is 3.23. The molecule has 0 saturated heterocycles. The fraction of sp³-hybridized carbons (Fsp3) is 0.500. The highest BCUT2D eigenvalue weighted by Gasteiger charge is 2.34. The maximum atomic E-state index is 11.5. The van der Waals surface area contributed by atoms with Crippen LogP contribution in [0.4, 0.5) is 5.69 Å². The SMILES string of the molecule is CCC1CC1Nc1ccc(S(=O)(=O)NC)cc1. The van der Waals surface area contributed by atoms with E-state index in [0.717, 1.165) is 11.6 Å². The molecule has 0 heterocycles. The van der Waals surface area contributed by atoms with Crippen molar-refractivity contribution in [2.45, 2.75) is 30.7 Å². The standard InChI is InChI=1S/C12H18N2O2S/c1-3-9-8-12(9)14-10-4-6-11(7-5-10)17(15,16)13-2/h4-7,9,12-14H,3,8H2,1-2H3. The van der Waals surface area contributed by atoms with Gasteiger partial charge in [0, 0.05) is 11.7 Å². The van der Waals surface area contributed by atoms with Crippen LogP contribution in [0.15, 0.2) is 29.2 Å². The topological polar surface area (TPSA) is 58.2 Å². The average molecular weight is 254 g/mol.